The molecule has 0 fully saturated rings. The Labute approximate surface area is 155 Å². The van der Waals surface area contributed by atoms with E-state index in [1.165, 1.54) is 6.07 Å². The van der Waals surface area contributed by atoms with Gasteiger partial charge in [-0.2, -0.15) is 0 Å². The van der Waals surface area contributed by atoms with Crippen molar-refractivity contribution in [3.05, 3.63) is 23.8 Å². The van der Waals surface area contributed by atoms with E-state index < -0.39 is 12.4 Å². The fourth-order valence-electron chi connectivity index (χ4n) is 1.62. The van der Waals surface area contributed by atoms with Crippen LogP contribution in [0.2, 0.25) is 0 Å². The third kappa shape index (κ3) is 7.15. The molecule has 0 aromatic heterocycles. The molecular weight excluding hydrogens is 281 g/mol. The number of halogens is 3. The van der Waals surface area contributed by atoms with Gasteiger partial charge >= 0.3 is 58.4 Å². The van der Waals surface area contributed by atoms with Crippen molar-refractivity contribution in [2.45, 2.75) is 13.3 Å². The van der Waals surface area contributed by atoms with E-state index in [0.717, 1.165) is 12.6 Å². The number of ether oxygens (including phenoxy) is 1. The van der Waals surface area contributed by atoms with E-state index >= 15 is 0 Å². The minimum atomic E-state index is -5.03. The third-order valence-electron chi connectivity index (χ3n) is 2.53. The average molecular weight is 299 g/mol. The number of aryl methyl sites for hydroxylation is 1. The van der Waals surface area contributed by atoms with Crippen LogP contribution in [0.15, 0.2) is 18.2 Å². The fourth-order valence-corrected chi connectivity index (χ4v) is 1.62. The SMILES string of the molecule is Cc1ccc(OCCCN(C)C)c([B-](F)(F)F)c1.[K+]. The summed E-state index contributed by atoms with van der Waals surface area (Å²) in [5.41, 5.74) is -0.0512. The molecule has 0 aliphatic rings. The molecule has 0 heterocycles. The summed E-state index contributed by atoms with van der Waals surface area (Å²) < 4.78 is 43.8. The predicted molar refractivity (Wildman–Crippen MR) is 68.6 cm³/mol. The first-order valence-electron chi connectivity index (χ1n) is 5.88. The van der Waals surface area contributed by atoms with Gasteiger partial charge in [-0.15, -0.1) is 0 Å². The van der Waals surface area contributed by atoms with Crippen LogP contribution < -0.4 is 61.6 Å². The van der Waals surface area contributed by atoms with Crippen molar-refractivity contribution < 1.29 is 69.1 Å². The summed E-state index contributed by atoms with van der Waals surface area (Å²) in [7, 11) is 3.83. The molecule has 102 valence electrons. The van der Waals surface area contributed by atoms with Gasteiger partial charge in [0, 0.05) is 6.54 Å². The summed E-state index contributed by atoms with van der Waals surface area (Å²) in [5.74, 6) is -0.0631. The molecule has 0 N–H and O–H groups in total. The summed E-state index contributed by atoms with van der Waals surface area (Å²) in [6, 6.07) is 4.17. The Morgan fingerprint density at radius 1 is 1.21 bits per heavy atom. The van der Waals surface area contributed by atoms with Gasteiger partial charge in [0.25, 0.3) is 0 Å². The van der Waals surface area contributed by atoms with E-state index in [2.05, 4.69) is 0 Å². The number of hydrogen-bond acceptors (Lipinski definition) is 2. The zero-order valence-electron chi connectivity index (χ0n) is 11.9. The molecule has 2 nitrogen and oxygen atoms in total. The normalized spacial score (nSPS) is 11.3. The topological polar surface area (TPSA) is 12.5 Å². The summed E-state index contributed by atoms with van der Waals surface area (Å²) in [4.78, 5) is 1.97. The van der Waals surface area contributed by atoms with Gasteiger partial charge in [0.05, 0.1) is 12.4 Å². The molecule has 1 aromatic rings. The van der Waals surface area contributed by atoms with Crippen molar-refractivity contribution in [2.75, 3.05) is 27.2 Å². The van der Waals surface area contributed by atoms with Crippen molar-refractivity contribution in [3.8, 4) is 5.75 Å². The molecule has 0 atom stereocenters. The van der Waals surface area contributed by atoms with Crippen molar-refractivity contribution in [3.63, 3.8) is 0 Å². The maximum atomic E-state index is 12.8. The van der Waals surface area contributed by atoms with E-state index in [4.69, 9.17) is 4.74 Å². The van der Waals surface area contributed by atoms with Crippen LogP contribution in [0.5, 0.6) is 5.75 Å². The average Bonchev–Trinajstić information content (AvgIpc) is 2.24. The molecule has 0 aliphatic carbocycles. The van der Waals surface area contributed by atoms with Crippen molar-refractivity contribution in [1.29, 1.82) is 0 Å². The molecule has 0 amide bonds. The van der Waals surface area contributed by atoms with Gasteiger partial charge < -0.3 is 22.6 Å². The monoisotopic (exact) mass is 299 g/mol. The van der Waals surface area contributed by atoms with Gasteiger partial charge in [-0.05, 0) is 33.5 Å². The molecule has 7 heteroatoms. The zero-order valence-corrected chi connectivity index (χ0v) is 15.0. The minimum Gasteiger partial charge on any atom is -0.497 e. The van der Waals surface area contributed by atoms with Crippen LogP contribution in [-0.4, -0.2) is 39.1 Å². The molecule has 0 bridgehead atoms. The van der Waals surface area contributed by atoms with Gasteiger partial charge in [0.15, 0.2) is 0 Å². The molecule has 1 aromatic carbocycles. The Bertz CT molecular complexity index is 399. The molecular formula is C12H18BF3KNO. The smallest absolute Gasteiger partial charge is 0.497 e. The van der Waals surface area contributed by atoms with Crippen molar-refractivity contribution in [1.82, 2.24) is 4.90 Å². The Morgan fingerprint density at radius 3 is 2.37 bits per heavy atom. The molecule has 0 unspecified atom stereocenters. The van der Waals surface area contributed by atoms with E-state index in [1.54, 1.807) is 13.0 Å². The van der Waals surface area contributed by atoms with Crippen LogP contribution in [0, 0.1) is 6.92 Å². The number of rotatable bonds is 6. The van der Waals surface area contributed by atoms with Crippen LogP contribution in [0.3, 0.4) is 0 Å². The molecule has 0 saturated heterocycles. The second-order valence-electron chi connectivity index (χ2n) is 4.62. The molecule has 1 rings (SSSR count). The Morgan fingerprint density at radius 2 is 1.84 bits per heavy atom. The first kappa shape index (κ1) is 19.5. The quantitative estimate of drug-likeness (QED) is 0.513. The van der Waals surface area contributed by atoms with E-state index in [1.807, 2.05) is 19.0 Å². The van der Waals surface area contributed by atoms with E-state index in [9.17, 15) is 12.9 Å². The first-order valence-corrected chi connectivity index (χ1v) is 5.88. The Hall–Kier alpha value is 0.471. The Balaban J connectivity index is 0.00000324. The minimum absolute atomic E-state index is 0. The summed E-state index contributed by atoms with van der Waals surface area (Å²) >= 11 is 0. The van der Waals surface area contributed by atoms with Crippen LogP contribution >= 0.6 is 0 Å². The molecule has 0 radical (unpaired) electrons. The first-order chi connectivity index (χ1) is 8.30. The Kier molecular flexibility index (Phi) is 8.91. The van der Waals surface area contributed by atoms with Gasteiger partial charge in [0.1, 0.15) is 0 Å². The van der Waals surface area contributed by atoms with Gasteiger partial charge in [-0.3, -0.25) is 0 Å². The number of hydrogen-bond donors (Lipinski definition) is 0. The molecule has 0 saturated carbocycles. The molecule has 0 aliphatic heterocycles. The molecule has 19 heavy (non-hydrogen) atoms. The van der Waals surface area contributed by atoms with E-state index in [0.29, 0.717) is 18.6 Å². The standard InChI is InChI=1S/C12H18BF3NO.K/c1-10-5-6-12(11(9-10)13(14,15)16)18-8-4-7-17(2)3;/h5-6,9H,4,7-8H2,1-3H3;/q-1;+1. The predicted octanol–water partition coefficient (Wildman–Crippen LogP) is -0.616. The van der Waals surface area contributed by atoms with Crippen LogP contribution in [0.25, 0.3) is 0 Å². The summed E-state index contributed by atoms with van der Waals surface area (Å²) in [5, 5.41) is 0. The zero-order chi connectivity index (χ0) is 13.8. The summed E-state index contributed by atoms with van der Waals surface area (Å²) in [6.45, 7) is -2.30. The van der Waals surface area contributed by atoms with Gasteiger partial charge in [-0.1, -0.05) is 23.2 Å². The third-order valence-corrected chi connectivity index (χ3v) is 2.53. The largest absolute Gasteiger partial charge is 1.00 e. The summed E-state index contributed by atoms with van der Waals surface area (Å²) in [6.07, 6.45) is 0.700. The maximum absolute atomic E-state index is 12.8. The van der Waals surface area contributed by atoms with Crippen LogP contribution in [0.4, 0.5) is 12.9 Å². The number of benzene rings is 1. The maximum Gasteiger partial charge on any atom is 1.00 e. The van der Waals surface area contributed by atoms with Crippen LogP contribution in [-0.2, 0) is 0 Å². The van der Waals surface area contributed by atoms with E-state index in [-0.39, 0.29) is 57.1 Å². The van der Waals surface area contributed by atoms with Crippen molar-refractivity contribution in [2.24, 2.45) is 0 Å². The molecule has 0 spiro atoms. The van der Waals surface area contributed by atoms with Crippen molar-refractivity contribution >= 4 is 12.4 Å². The van der Waals surface area contributed by atoms with Crippen LogP contribution in [0.1, 0.15) is 12.0 Å². The van der Waals surface area contributed by atoms with Gasteiger partial charge in [-0.25, -0.2) is 0 Å². The second kappa shape index (κ2) is 8.69. The van der Waals surface area contributed by atoms with Gasteiger partial charge in [0.2, 0.25) is 0 Å². The second-order valence-corrected chi connectivity index (χ2v) is 4.62. The fraction of sp³-hybridized carbons (Fsp3) is 0.500. The number of nitrogens with zero attached hydrogens (tertiary/aromatic N) is 1.